The Morgan fingerprint density at radius 2 is 1.81 bits per heavy atom. The first-order valence-electron chi connectivity index (χ1n) is 7.11. The summed E-state index contributed by atoms with van der Waals surface area (Å²) in [7, 11) is 0. The molecule has 2 heteroatoms. The van der Waals surface area contributed by atoms with Crippen molar-refractivity contribution in [2.45, 2.75) is 20.3 Å². The van der Waals surface area contributed by atoms with Gasteiger partial charge in [-0.1, -0.05) is 37.3 Å². The zero-order valence-corrected chi connectivity index (χ0v) is 12.1. The smallest absolute Gasteiger partial charge is 0.186 e. The molecule has 0 spiro atoms. The lowest BCUT2D eigenvalue weighted by Gasteiger charge is -2.17. The largest absolute Gasteiger partial charge is 0.290 e. The number of allylic oxidation sites excluding steroid dienone is 4. The first kappa shape index (κ1) is 13.5. The number of hydrogen-bond donors (Lipinski definition) is 0. The Morgan fingerprint density at radius 1 is 1.05 bits per heavy atom. The van der Waals surface area contributed by atoms with Crippen LogP contribution >= 0.6 is 0 Å². The maximum atomic E-state index is 12.2. The normalized spacial score (nSPS) is 14.7. The van der Waals surface area contributed by atoms with E-state index < -0.39 is 0 Å². The molecule has 0 fully saturated rings. The summed E-state index contributed by atoms with van der Waals surface area (Å²) < 4.78 is 0. The van der Waals surface area contributed by atoms with Gasteiger partial charge in [-0.3, -0.25) is 9.59 Å². The predicted octanol–water partition coefficient (Wildman–Crippen LogP) is 3.80. The molecule has 21 heavy (non-hydrogen) atoms. The predicted molar refractivity (Wildman–Crippen MR) is 85.2 cm³/mol. The van der Waals surface area contributed by atoms with Crippen LogP contribution in [0.1, 0.15) is 23.6 Å². The molecule has 0 aromatic heterocycles. The van der Waals surface area contributed by atoms with E-state index in [2.05, 4.69) is 13.0 Å². The van der Waals surface area contributed by atoms with Crippen molar-refractivity contribution in [3.63, 3.8) is 0 Å². The van der Waals surface area contributed by atoms with E-state index >= 15 is 0 Å². The molecule has 0 amide bonds. The number of carbonyl (C=O) groups excluding carboxylic acids is 2. The van der Waals surface area contributed by atoms with Crippen LogP contribution in [0.2, 0.25) is 0 Å². The molecular formula is C19H16O2. The van der Waals surface area contributed by atoms with E-state index in [1.54, 1.807) is 0 Å². The fourth-order valence-electron chi connectivity index (χ4n) is 2.93. The molecule has 3 rings (SSSR count). The number of aryl methyl sites for hydroxylation is 1. The second-order valence-electron chi connectivity index (χ2n) is 5.27. The molecule has 0 saturated heterocycles. The van der Waals surface area contributed by atoms with Crippen LogP contribution in [0.4, 0.5) is 0 Å². The van der Waals surface area contributed by atoms with E-state index in [0.717, 1.165) is 28.3 Å². The number of benzene rings is 2. The van der Waals surface area contributed by atoms with Gasteiger partial charge >= 0.3 is 0 Å². The first-order valence-corrected chi connectivity index (χ1v) is 7.11. The Hall–Kier alpha value is -2.48. The molecule has 0 heterocycles. The third-order valence-electron chi connectivity index (χ3n) is 4.02. The van der Waals surface area contributed by atoms with Gasteiger partial charge in [-0.2, -0.15) is 0 Å². The summed E-state index contributed by atoms with van der Waals surface area (Å²) in [5.41, 5.74) is 3.69. The molecule has 0 N–H and O–H groups in total. The lowest BCUT2D eigenvalue weighted by atomic mass is 9.86. The molecule has 2 aromatic carbocycles. The van der Waals surface area contributed by atoms with E-state index in [1.807, 2.05) is 31.2 Å². The Kier molecular flexibility index (Phi) is 3.30. The van der Waals surface area contributed by atoms with Crippen LogP contribution < -0.4 is 0 Å². The van der Waals surface area contributed by atoms with Crippen LogP contribution in [0.3, 0.4) is 0 Å². The molecule has 2 nitrogen and oxygen atoms in total. The topological polar surface area (TPSA) is 34.1 Å². The van der Waals surface area contributed by atoms with E-state index in [1.165, 1.54) is 23.8 Å². The number of hydrogen-bond acceptors (Lipinski definition) is 2. The summed E-state index contributed by atoms with van der Waals surface area (Å²) in [6.07, 6.45) is 5.04. The summed E-state index contributed by atoms with van der Waals surface area (Å²) in [5, 5.41) is 2.13. The lowest BCUT2D eigenvalue weighted by Crippen LogP contribution is -2.09. The molecule has 0 atom stereocenters. The fraction of sp³-hybridized carbons (Fsp3) is 0.158. The van der Waals surface area contributed by atoms with Crippen LogP contribution in [0.5, 0.6) is 0 Å². The van der Waals surface area contributed by atoms with Gasteiger partial charge in [-0.15, -0.1) is 0 Å². The van der Waals surface area contributed by atoms with Crippen molar-refractivity contribution in [1.29, 1.82) is 0 Å². The Balaban J connectivity index is 2.38. The highest BCUT2D eigenvalue weighted by Gasteiger charge is 2.20. The Labute approximate surface area is 123 Å². The molecule has 0 saturated carbocycles. The molecule has 1 aliphatic carbocycles. The van der Waals surface area contributed by atoms with E-state index in [9.17, 15) is 9.59 Å². The highest BCUT2D eigenvalue weighted by atomic mass is 16.1. The summed E-state index contributed by atoms with van der Waals surface area (Å²) in [6.45, 7) is 4.13. The van der Waals surface area contributed by atoms with Crippen molar-refractivity contribution in [2.75, 3.05) is 0 Å². The third-order valence-corrected chi connectivity index (χ3v) is 4.02. The van der Waals surface area contributed by atoms with Gasteiger partial charge in [-0.05, 0) is 59.0 Å². The minimum absolute atomic E-state index is 0.101. The van der Waals surface area contributed by atoms with Crippen molar-refractivity contribution >= 4 is 27.9 Å². The number of rotatable bonds is 2. The van der Waals surface area contributed by atoms with Gasteiger partial charge in [0.1, 0.15) is 0 Å². The highest BCUT2D eigenvalue weighted by Crippen LogP contribution is 2.33. The van der Waals surface area contributed by atoms with Crippen LogP contribution in [-0.2, 0) is 16.0 Å². The molecular weight excluding hydrogens is 260 g/mol. The van der Waals surface area contributed by atoms with Crippen molar-refractivity contribution in [2.24, 2.45) is 0 Å². The molecule has 2 aromatic rings. The van der Waals surface area contributed by atoms with Crippen molar-refractivity contribution in [3.05, 3.63) is 65.3 Å². The van der Waals surface area contributed by atoms with Gasteiger partial charge in [0.05, 0.1) is 0 Å². The van der Waals surface area contributed by atoms with E-state index in [0.29, 0.717) is 5.57 Å². The van der Waals surface area contributed by atoms with Crippen molar-refractivity contribution in [1.82, 2.24) is 0 Å². The maximum absolute atomic E-state index is 12.2. The van der Waals surface area contributed by atoms with Crippen LogP contribution in [-0.4, -0.2) is 11.6 Å². The lowest BCUT2D eigenvalue weighted by molar-refractivity contribution is -0.113. The average Bonchev–Trinajstić information content (AvgIpc) is 2.49. The standard InChI is InChI=1S/C19H16O2/c1-3-13-10-14-6-4-5-7-16(14)19(12(13)2)17-11-15(20)8-9-18(17)21/h4-11H,3H2,1-2H3. The van der Waals surface area contributed by atoms with E-state index in [4.69, 9.17) is 0 Å². The molecule has 104 valence electrons. The summed E-state index contributed by atoms with van der Waals surface area (Å²) in [6, 6.07) is 10.2. The van der Waals surface area contributed by atoms with Gasteiger partial charge < -0.3 is 0 Å². The fourth-order valence-corrected chi connectivity index (χ4v) is 2.93. The first-order chi connectivity index (χ1) is 10.1. The molecule has 0 radical (unpaired) electrons. The molecule has 0 bridgehead atoms. The second kappa shape index (κ2) is 5.13. The monoisotopic (exact) mass is 276 g/mol. The average molecular weight is 276 g/mol. The highest BCUT2D eigenvalue weighted by molar-refractivity contribution is 6.35. The molecule has 0 unspecified atom stereocenters. The van der Waals surface area contributed by atoms with Gasteiger partial charge in [-0.25, -0.2) is 0 Å². The third kappa shape index (κ3) is 2.23. The second-order valence-corrected chi connectivity index (χ2v) is 5.27. The minimum atomic E-state index is -0.130. The minimum Gasteiger partial charge on any atom is -0.290 e. The van der Waals surface area contributed by atoms with Crippen LogP contribution in [0, 0.1) is 6.92 Å². The SMILES string of the molecule is CCc1cc2ccccc2c(C2=CC(=O)C=CC2=O)c1C. The Morgan fingerprint density at radius 3 is 2.57 bits per heavy atom. The van der Waals surface area contributed by atoms with Crippen LogP contribution in [0.15, 0.2) is 48.6 Å². The zero-order chi connectivity index (χ0) is 15.0. The van der Waals surface area contributed by atoms with Gasteiger partial charge in [0, 0.05) is 5.57 Å². The van der Waals surface area contributed by atoms with Gasteiger partial charge in [0.2, 0.25) is 0 Å². The summed E-state index contributed by atoms with van der Waals surface area (Å²) in [5.74, 6) is -0.230. The zero-order valence-electron chi connectivity index (χ0n) is 12.1. The number of ketones is 2. The van der Waals surface area contributed by atoms with Crippen molar-refractivity contribution in [3.8, 4) is 0 Å². The Bertz CT molecular complexity index is 823. The quantitative estimate of drug-likeness (QED) is 0.782. The van der Waals surface area contributed by atoms with Crippen LogP contribution in [0.25, 0.3) is 16.3 Å². The summed E-state index contributed by atoms with van der Waals surface area (Å²) in [4.78, 5) is 23.9. The number of fused-ring (bicyclic) bond motifs is 1. The van der Waals surface area contributed by atoms with E-state index in [-0.39, 0.29) is 11.6 Å². The molecule has 0 aliphatic heterocycles. The van der Waals surface area contributed by atoms with Gasteiger partial charge in [0.25, 0.3) is 0 Å². The maximum Gasteiger partial charge on any atom is 0.186 e. The van der Waals surface area contributed by atoms with Crippen molar-refractivity contribution < 1.29 is 9.59 Å². The summed E-state index contributed by atoms with van der Waals surface area (Å²) >= 11 is 0. The van der Waals surface area contributed by atoms with Gasteiger partial charge in [0.15, 0.2) is 11.6 Å². The molecule has 1 aliphatic rings. The number of carbonyl (C=O) groups is 2.